The number of fused-ring (bicyclic) bond motifs is 2. The van der Waals surface area contributed by atoms with Crippen molar-refractivity contribution < 1.29 is 58.0 Å². The molecule has 0 aromatic rings. The van der Waals surface area contributed by atoms with Gasteiger partial charge in [-0.25, -0.2) is 9.59 Å². The molecular weight excluding hydrogens is 636 g/mol. The molecule has 0 radical (unpaired) electrons. The molecule has 0 saturated carbocycles. The number of esters is 2. The van der Waals surface area contributed by atoms with E-state index in [1.165, 1.54) is 37.4 Å². The van der Waals surface area contributed by atoms with E-state index >= 15 is 0 Å². The summed E-state index contributed by atoms with van der Waals surface area (Å²) >= 11 is 2.52. The van der Waals surface area contributed by atoms with Crippen LogP contribution in [0, 0.1) is 0 Å². The van der Waals surface area contributed by atoms with Gasteiger partial charge in [0.1, 0.15) is 47.4 Å². The zero-order chi connectivity index (χ0) is 33.0. The number of nitrogens with zero attached hydrogens (tertiary/aromatic N) is 2. The Bertz CT molecular complexity index is 1290. The Morgan fingerprint density at radius 2 is 1.09 bits per heavy atom. The predicted octanol–water partition coefficient (Wildman–Crippen LogP) is -0.460. The molecule has 18 heteroatoms. The Kier molecular flexibility index (Phi) is 10.8. The highest BCUT2D eigenvalue weighted by Gasteiger charge is 2.55. The van der Waals surface area contributed by atoms with E-state index in [-0.39, 0.29) is 49.0 Å². The van der Waals surface area contributed by atoms with Gasteiger partial charge in [-0.1, -0.05) is 6.42 Å². The number of carbonyl (C=O) groups is 8. The maximum Gasteiger partial charge on any atom is 0.352 e. The van der Waals surface area contributed by atoms with Crippen molar-refractivity contribution in [2.24, 2.45) is 0 Å². The van der Waals surface area contributed by atoms with Crippen LogP contribution in [0.3, 0.4) is 0 Å². The van der Waals surface area contributed by atoms with Crippen molar-refractivity contribution in [2.45, 2.75) is 68.8 Å². The highest BCUT2D eigenvalue weighted by molar-refractivity contribution is 8.00. The first-order valence-corrected chi connectivity index (χ1v) is 16.1. The van der Waals surface area contributed by atoms with E-state index in [9.17, 15) is 48.6 Å². The fourth-order valence-electron chi connectivity index (χ4n) is 5.21. The van der Waals surface area contributed by atoms with E-state index in [2.05, 4.69) is 10.6 Å². The second-order valence-corrected chi connectivity index (χ2v) is 12.8. The van der Waals surface area contributed by atoms with Crippen LogP contribution in [0.1, 0.15) is 46.0 Å². The summed E-state index contributed by atoms with van der Waals surface area (Å²) in [5.74, 6) is -5.29. The molecule has 16 nitrogen and oxygen atoms in total. The van der Waals surface area contributed by atoms with Gasteiger partial charge in [0.15, 0.2) is 0 Å². The van der Waals surface area contributed by atoms with Gasteiger partial charge in [-0.05, 0) is 12.8 Å². The van der Waals surface area contributed by atoms with Crippen LogP contribution in [0.25, 0.3) is 0 Å². The molecule has 0 bridgehead atoms. The van der Waals surface area contributed by atoms with Crippen molar-refractivity contribution in [3.8, 4) is 0 Å². The Morgan fingerprint density at radius 1 is 0.711 bits per heavy atom. The van der Waals surface area contributed by atoms with Crippen molar-refractivity contribution in [1.29, 1.82) is 0 Å². The molecule has 4 heterocycles. The minimum atomic E-state index is -1.33. The molecule has 4 rings (SSSR count). The normalized spacial score (nSPS) is 23.7. The molecular formula is C27H32N4O12S2. The minimum absolute atomic E-state index is 0.0802. The number of amides is 4. The number of aliphatic carboxylic acids is 2. The molecule has 0 spiro atoms. The highest BCUT2D eigenvalue weighted by atomic mass is 32.2. The summed E-state index contributed by atoms with van der Waals surface area (Å²) in [4.78, 5) is 98.4. The Balaban J connectivity index is 1.17. The number of thioether (sulfide) groups is 2. The molecule has 4 atom stereocenters. The number of rotatable bonds is 14. The van der Waals surface area contributed by atoms with Crippen LogP contribution in [0.2, 0.25) is 0 Å². The third kappa shape index (κ3) is 7.43. The number of ether oxygens (including phenoxy) is 2. The molecule has 4 N–H and O–H groups in total. The number of unbranched alkanes of at least 4 members (excludes halogenated alkanes) is 2. The van der Waals surface area contributed by atoms with Gasteiger partial charge in [0.25, 0.3) is 11.8 Å². The van der Waals surface area contributed by atoms with Gasteiger partial charge in [0.05, 0.1) is 0 Å². The third-order valence-electron chi connectivity index (χ3n) is 7.34. The van der Waals surface area contributed by atoms with Crippen LogP contribution in [-0.2, 0) is 47.8 Å². The number of β-lactam (4-membered cyclic amide) rings is 2. The number of hydrogen-bond donors (Lipinski definition) is 4. The SMILES string of the molecule is CC(=O)OCC1=C(C(=O)O)N2C(=O)[C@@H](NC(=O)CCCCCC(=O)N[C@@H]3C(=O)N4C(C(=O)O)=C(COC(C)=O)CS[C@H]34)[C@H]2SC1. The maximum absolute atomic E-state index is 12.7. The van der Waals surface area contributed by atoms with Crippen LogP contribution in [0.5, 0.6) is 0 Å². The summed E-state index contributed by atoms with van der Waals surface area (Å²) in [5, 5.41) is 23.3. The summed E-state index contributed by atoms with van der Waals surface area (Å²) in [6.45, 7) is 1.90. The number of carboxylic acid groups (broad SMARTS) is 2. The van der Waals surface area contributed by atoms with Crippen LogP contribution in [0.4, 0.5) is 0 Å². The summed E-state index contributed by atoms with van der Waals surface area (Å²) in [7, 11) is 0. The molecule has 0 unspecified atom stereocenters. The number of hydrogen-bond acceptors (Lipinski definition) is 12. The smallest absolute Gasteiger partial charge is 0.352 e. The summed E-state index contributed by atoms with van der Waals surface area (Å²) in [6.07, 6.45) is 1.50. The Labute approximate surface area is 265 Å². The zero-order valence-corrected chi connectivity index (χ0v) is 26.0. The minimum Gasteiger partial charge on any atom is -0.477 e. The van der Waals surface area contributed by atoms with E-state index in [0.29, 0.717) is 30.4 Å². The average molecular weight is 669 g/mol. The first-order valence-electron chi connectivity index (χ1n) is 14.0. The van der Waals surface area contributed by atoms with E-state index in [0.717, 1.165) is 9.80 Å². The fourth-order valence-corrected chi connectivity index (χ4v) is 7.86. The van der Waals surface area contributed by atoms with Gasteiger partial charge in [-0.15, -0.1) is 23.5 Å². The number of nitrogens with one attached hydrogen (secondary N) is 2. The second-order valence-electron chi connectivity index (χ2n) is 10.5. The lowest BCUT2D eigenvalue weighted by Crippen LogP contribution is -2.70. The molecule has 4 aliphatic rings. The van der Waals surface area contributed by atoms with Crippen molar-refractivity contribution >= 4 is 71.0 Å². The average Bonchev–Trinajstić information content (AvgIpc) is 2.98. The molecule has 4 amide bonds. The van der Waals surface area contributed by atoms with E-state index in [1.807, 2.05) is 0 Å². The molecule has 45 heavy (non-hydrogen) atoms. The van der Waals surface area contributed by atoms with Gasteiger partial charge in [-0.2, -0.15) is 0 Å². The monoisotopic (exact) mass is 668 g/mol. The van der Waals surface area contributed by atoms with Gasteiger partial charge < -0.3 is 30.3 Å². The lowest BCUT2D eigenvalue weighted by Gasteiger charge is -2.49. The predicted molar refractivity (Wildman–Crippen MR) is 156 cm³/mol. The van der Waals surface area contributed by atoms with Crippen LogP contribution >= 0.6 is 23.5 Å². The topological polar surface area (TPSA) is 226 Å². The largest absolute Gasteiger partial charge is 0.477 e. The molecule has 4 aliphatic heterocycles. The summed E-state index contributed by atoms with van der Waals surface area (Å²) in [5.41, 5.74) is 0.111. The quantitative estimate of drug-likeness (QED) is 0.104. The third-order valence-corrected chi connectivity index (χ3v) is 10.0. The first kappa shape index (κ1) is 33.8. The van der Waals surface area contributed by atoms with Crippen molar-refractivity contribution in [2.75, 3.05) is 24.7 Å². The number of carboxylic acids is 2. The van der Waals surface area contributed by atoms with Crippen LogP contribution < -0.4 is 10.6 Å². The standard InChI is InChI=1S/C27H32N4O12S2/c1-12(32)42-8-14-10-44-24-18(22(36)30(24)20(14)26(38)39)28-16(34)6-4-3-5-7-17(35)29-19-23(37)31-21(27(40)41)15(9-43-13(2)33)11-45-25(19)31/h18-19,24-25H,3-11H2,1-2H3,(H,28,34)(H,29,35)(H,38,39)(H,40,41)/t18-,19-,24-,25-/m1/s1. The molecule has 2 fully saturated rings. The Hall–Kier alpha value is -4.06. The van der Waals surface area contributed by atoms with Crippen LogP contribution in [-0.4, -0.2) is 115 Å². The van der Waals surface area contributed by atoms with E-state index in [4.69, 9.17) is 9.47 Å². The van der Waals surface area contributed by atoms with Crippen molar-refractivity contribution in [3.63, 3.8) is 0 Å². The number of carbonyl (C=O) groups excluding carboxylic acids is 6. The molecule has 0 aromatic carbocycles. The lowest BCUT2D eigenvalue weighted by molar-refractivity contribution is -0.151. The first-order chi connectivity index (χ1) is 21.3. The second kappa shape index (κ2) is 14.4. The van der Waals surface area contributed by atoms with E-state index in [1.54, 1.807) is 0 Å². The maximum atomic E-state index is 12.7. The van der Waals surface area contributed by atoms with Gasteiger partial charge in [0, 0.05) is 49.3 Å². The van der Waals surface area contributed by atoms with Gasteiger partial charge in [-0.3, -0.25) is 38.6 Å². The fraction of sp³-hybridized carbons (Fsp3) is 0.556. The van der Waals surface area contributed by atoms with Crippen molar-refractivity contribution in [1.82, 2.24) is 20.4 Å². The zero-order valence-electron chi connectivity index (χ0n) is 24.4. The van der Waals surface area contributed by atoms with Gasteiger partial charge in [0.2, 0.25) is 11.8 Å². The van der Waals surface area contributed by atoms with Crippen molar-refractivity contribution in [3.05, 3.63) is 22.5 Å². The molecule has 0 aliphatic carbocycles. The summed E-state index contributed by atoms with van der Waals surface area (Å²) in [6, 6.07) is -1.77. The lowest BCUT2D eigenvalue weighted by atomic mass is 10.0. The van der Waals surface area contributed by atoms with Crippen LogP contribution in [0.15, 0.2) is 22.5 Å². The molecule has 0 aromatic heterocycles. The molecule has 2 saturated heterocycles. The highest BCUT2D eigenvalue weighted by Crippen LogP contribution is 2.41. The molecule has 244 valence electrons. The summed E-state index contributed by atoms with van der Waals surface area (Å²) < 4.78 is 9.80. The van der Waals surface area contributed by atoms with Gasteiger partial charge >= 0.3 is 23.9 Å². The Morgan fingerprint density at radius 3 is 1.42 bits per heavy atom. The van der Waals surface area contributed by atoms with E-state index < -0.39 is 70.3 Å².